The van der Waals surface area contributed by atoms with Gasteiger partial charge in [-0.05, 0) is 0 Å². The predicted octanol–water partition coefficient (Wildman–Crippen LogP) is 11.4. The first-order chi connectivity index (χ1) is 23.5. The first-order valence-electron chi connectivity index (χ1n) is 16.5. The Hall–Kier alpha value is -3.52. The molecule has 0 fully saturated rings. The van der Waals surface area contributed by atoms with Crippen LogP contribution in [0.2, 0.25) is 10.0 Å². The number of halogens is 2. The minimum atomic E-state index is -2.77. The van der Waals surface area contributed by atoms with Crippen LogP contribution in [-0.4, -0.2) is 5.43 Å². The normalized spacial score (nSPS) is 16.2. The van der Waals surface area contributed by atoms with Gasteiger partial charge in [-0.25, -0.2) is 0 Å². The summed E-state index contributed by atoms with van der Waals surface area (Å²) >= 11 is 10.3. The molecule has 0 heterocycles. The van der Waals surface area contributed by atoms with Crippen molar-refractivity contribution in [2.75, 3.05) is 0 Å². The summed E-state index contributed by atoms with van der Waals surface area (Å²) in [6, 6.07) is 53.4. The van der Waals surface area contributed by atoms with Crippen molar-refractivity contribution in [2.45, 2.75) is 21.1 Å². The zero-order valence-electron chi connectivity index (χ0n) is 26.9. The van der Waals surface area contributed by atoms with Gasteiger partial charge in [0, 0.05) is 0 Å². The molecule has 8 rings (SSSR count). The Balaban J connectivity index is 1.44. The van der Waals surface area contributed by atoms with Gasteiger partial charge in [0.25, 0.3) is 0 Å². The molecule has 0 N–H and O–H groups in total. The summed E-state index contributed by atoms with van der Waals surface area (Å²) in [5.41, 5.74) is 12.8. The molecular weight excluding hydrogens is 719 g/mol. The van der Waals surface area contributed by atoms with Crippen molar-refractivity contribution in [3.8, 4) is 22.3 Å². The Morgan fingerprint density at radius 2 is 0.854 bits per heavy atom. The number of hydrogen-bond acceptors (Lipinski definition) is 0. The van der Waals surface area contributed by atoms with Gasteiger partial charge in [0.15, 0.2) is 0 Å². The van der Waals surface area contributed by atoms with E-state index < -0.39 is 25.8 Å². The van der Waals surface area contributed by atoms with E-state index in [2.05, 4.69) is 172 Å². The van der Waals surface area contributed by atoms with Crippen LogP contribution in [0, 0.1) is 0 Å². The van der Waals surface area contributed by atoms with Crippen LogP contribution < -0.4 is 10.4 Å². The maximum atomic E-state index is 6.54. The summed E-state index contributed by atoms with van der Waals surface area (Å²) in [6.45, 7) is 4.80. The zero-order chi connectivity index (χ0) is 32.8. The summed E-state index contributed by atoms with van der Waals surface area (Å²) in [5, 5.41) is 4.46. The molecular formula is C44H34Cl2SiZr. The van der Waals surface area contributed by atoms with Crippen LogP contribution >= 0.6 is 23.2 Å². The third kappa shape index (κ3) is 5.78. The topological polar surface area (TPSA) is 0 Å². The van der Waals surface area contributed by atoms with E-state index in [4.69, 9.17) is 23.2 Å². The van der Waals surface area contributed by atoms with Crippen LogP contribution in [-0.2, 0) is 20.4 Å². The summed E-state index contributed by atoms with van der Waals surface area (Å²) in [5.74, 6) is 0. The predicted molar refractivity (Wildman–Crippen MR) is 204 cm³/mol. The van der Waals surface area contributed by atoms with Gasteiger partial charge in [-0.15, -0.1) is 0 Å². The molecule has 6 aromatic rings. The second kappa shape index (κ2) is 13.4. The SMILES string of the molecule is CC1=Cc2c(-c3ccccc3)cccc2[CH]1[Zr]([CH]1C(C)=Cc2c(-c3ccccc3)cccc21)=[Si](c1ccc(Cl)cc1)c1ccc(Cl)cc1. The van der Waals surface area contributed by atoms with E-state index in [9.17, 15) is 0 Å². The van der Waals surface area contributed by atoms with Crippen LogP contribution in [0.15, 0.2) is 157 Å². The van der Waals surface area contributed by atoms with Crippen molar-refractivity contribution < 1.29 is 20.4 Å². The maximum absolute atomic E-state index is 6.54. The molecule has 0 amide bonds. The van der Waals surface area contributed by atoms with Crippen LogP contribution in [0.5, 0.6) is 0 Å². The van der Waals surface area contributed by atoms with Crippen LogP contribution in [0.1, 0.15) is 43.4 Å². The van der Waals surface area contributed by atoms with Crippen LogP contribution in [0.4, 0.5) is 0 Å². The van der Waals surface area contributed by atoms with Crippen molar-refractivity contribution in [3.05, 3.63) is 189 Å². The molecule has 0 nitrogen and oxygen atoms in total. The molecule has 2 unspecified atom stereocenters. The first kappa shape index (κ1) is 31.7. The zero-order valence-corrected chi connectivity index (χ0v) is 31.9. The van der Waals surface area contributed by atoms with Gasteiger partial charge in [-0.2, -0.15) is 0 Å². The number of allylic oxidation sites excluding steroid dienone is 2. The molecule has 48 heavy (non-hydrogen) atoms. The quantitative estimate of drug-likeness (QED) is 0.149. The summed E-state index contributed by atoms with van der Waals surface area (Å²) < 4.78 is 0.844. The Morgan fingerprint density at radius 1 is 0.458 bits per heavy atom. The van der Waals surface area contributed by atoms with Crippen molar-refractivity contribution >= 4 is 51.2 Å². The molecule has 2 aliphatic rings. The summed E-state index contributed by atoms with van der Waals surface area (Å²) in [6.07, 6.45) is 5.03. The Bertz CT molecular complexity index is 2090. The van der Waals surface area contributed by atoms with Crippen molar-refractivity contribution in [3.63, 3.8) is 0 Å². The van der Waals surface area contributed by atoms with Crippen molar-refractivity contribution in [1.82, 2.24) is 0 Å². The monoisotopic (exact) mass is 750 g/mol. The standard InChI is InChI=1S/2C16H13.C12H8Cl2Si.Zr/c2*1-12-10-14-8-5-9-15(16(14)11-12)13-6-3-2-4-7-13;13-9-1-5-11(6-2-9)15-12-7-3-10(14)4-8-12;/h2*2-11H,1H3;1-8H;. The molecule has 2 atom stereocenters. The summed E-state index contributed by atoms with van der Waals surface area (Å²) in [7, 11) is 0. The molecule has 4 heteroatoms. The molecule has 232 valence electrons. The second-order valence-electron chi connectivity index (χ2n) is 12.8. The fraction of sp³-hybridized carbons (Fsp3) is 0.0909. The second-order valence-corrected chi connectivity index (χ2v) is 27.8. The Kier molecular flexibility index (Phi) is 8.87. The van der Waals surface area contributed by atoms with Gasteiger partial charge in [-0.3, -0.25) is 0 Å². The molecule has 0 saturated carbocycles. The number of hydrogen-bond donors (Lipinski definition) is 0. The summed E-state index contributed by atoms with van der Waals surface area (Å²) in [4.78, 5) is 0. The van der Waals surface area contributed by atoms with E-state index in [1.54, 1.807) is 0 Å². The molecule has 0 spiro atoms. The van der Waals surface area contributed by atoms with E-state index in [1.807, 2.05) is 0 Å². The molecule has 2 aliphatic carbocycles. The van der Waals surface area contributed by atoms with E-state index in [0.717, 1.165) is 10.0 Å². The van der Waals surface area contributed by atoms with Gasteiger partial charge in [0.05, 0.1) is 0 Å². The molecule has 6 aromatic carbocycles. The Morgan fingerprint density at radius 3 is 1.25 bits per heavy atom. The Labute approximate surface area is 301 Å². The van der Waals surface area contributed by atoms with Gasteiger partial charge in [0.1, 0.15) is 0 Å². The van der Waals surface area contributed by atoms with E-state index in [-0.39, 0.29) is 0 Å². The average molecular weight is 753 g/mol. The van der Waals surface area contributed by atoms with Crippen molar-refractivity contribution in [2.24, 2.45) is 0 Å². The average Bonchev–Trinajstić information content (AvgIpc) is 3.64. The van der Waals surface area contributed by atoms with E-state index in [1.165, 1.54) is 66.0 Å². The molecule has 0 aromatic heterocycles. The van der Waals surface area contributed by atoms with Gasteiger partial charge in [-0.1, -0.05) is 0 Å². The minimum absolute atomic E-state index is 0.422. The third-order valence-electron chi connectivity index (χ3n) is 9.90. The number of benzene rings is 6. The third-order valence-corrected chi connectivity index (χ3v) is 31.6. The van der Waals surface area contributed by atoms with Crippen LogP contribution in [0.25, 0.3) is 34.4 Å². The molecule has 0 radical (unpaired) electrons. The molecule has 0 bridgehead atoms. The number of fused-ring (bicyclic) bond motifs is 2. The van der Waals surface area contributed by atoms with Gasteiger partial charge >= 0.3 is 304 Å². The fourth-order valence-corrected chi connectivity index (χ4v) is 33.4. The molecule has 0 aliphatic heterocycles. The van der Waals surface area contributed by atoms with Crippen LogP contribution in [0.3, 0.4) is 0 Å². The van der Waals surface area contributed by atoms with Gasteiger partial charge in [0.2, 0.25) is 0 Å². The fourth-order valence-electron chi connectivity index (χ4n) is 7.86. The first-order valence-corrected chi connectivity index (χ1v) is 25.2. The number of rotatable bonds is 6. The van der Waals surface area contributed by atoms with Gasteiger partial charge < -0.3 is 0 Å². The molecule has 0 saturated heterocycles. The van der Waals surface area contributed by atoms with E-state index >= 15 is 0 Å². The van der Waals surface area contributed by atoms with E-state index in [0.29, 0.717) is 7.25 Å². The van der Waals surface area contributed by atoms with Crippen molar-refractivity contribution in [1.29, 1.82) is 0 Å².